The van der Waals surface area contributed by atoms with Crippen molar-refractivity contribution in [3.8, 4) is 0 Å². The van der Waals surface area contributed by atoms with Gasteiger partial charge in [0, 0.05) is 0 Å². The maximum atomic E-state index is 2.44. The summed E-state index contributed by atoms with van der Waals surface area (Å²) in [5.74, 6) is 2.01. The normalized spacial score (nSPS) is 31.4. The van der Waals surface area contributed by atoms with E-state index in [1.807, 2.05) is 0 Å². The van der Waals surface area contributed by atoms with Gasteiger partial charge in [-0.05, 0) is 23.7 Å². The molecule has 0 spiro atoms. The van der Waals surface area contributed by atoms with Crippen LogP contribution in [0, 0.1) is 17.3 Å². The molecular weight excluding hydrogens is 156 g/mol. The second-order valence-electron chi connectivity index (χ2n) is 5.59. The van der Waals surface area contributed by atoms with Crippen molar-refractivity contribution in [2.45, 2.75) is 66.2 Å². The monoisotopic (exact) mass is 182 g/mol. The topological polar surface area (TPSA) is 0 Å². The average molecular weight is 182 g/mol. The molecule has 0 aromatic carbocycles. The van der Waals surface area contributed by atoms with Crippen molar-refractivity contribution in [1.29, 1.82) is 0 Å². The minimum Gasteiger partial charge on any atom is -0.0654 e. The van der Waals surface area contributed by atoms with Crippen molar-refractivity contribution in [2.24, 2.45) is 17.3 Å². The Labute approximate surface area is 84.1 Å². The van der Waals surface area contributed by atoms with Crippen LogP contribution in [0.4, 0.5) is 0 Å². The molecule has 0 saturated heterocycles. The van der Waals surface area contributed by atoms with Gasteiger partial charge >= 0.3 is 0 Å². The van der Waals surface area contributed by atoms with Crippen molar-refractivity contribution < 1.29 is 0 Å². The first kappa shape index (κ1) is 11.1. The summed E-state index contributed by atoms with van der Waals surface area (Å²) < 4.78 is 0. The van der Waals surface area contributed by atoms with E-state index < -0.39 is 0 Å². The van der Waals surface area contributed by atoms with Crippen molar-refractivity contribution in [1.82, 2.24) is 0 Å². The molecule has 2 atom stereocenters. The molecule has 1 aliphatic rings. The Morgan fingerprint density at radius 1 is 1.15 bits per heavy atom. The molecule has 1 rings (SSSR count). The molecule has 0 N–H and O–H groups in total. The zero-order valence-corrected chi connectivity index (χ0v) is 9.90. The third-order valence-corrected chi connectivity index (χ3v) is 4.16. The minimum absolute atomic E-state index is 0.648. The highest BCUT2D eigenvalue weighted by Gasteiger charge is 2.43. The maximum Gasteiger partial charge on any atom is -0.0323 e. The van der Waals surface area contributed by atoms with Crippen LogP contribution in [0.5, 0.6) is 0 Å². The lowest BCUT2D eigenvalue weighted by Crippen LogP contribution is -2.41. The Hall–Kier alpha value is 0. The van der Waals surface area contributed by atoms with Gasteiger partial charge in [-0.15, -0.1) is 0 Å². The van der Waals surface area contributed by atoms with E-state index in [0.29, 0.717) is 5.41 Å². The molecule has 78 valence electrons. The number of rotatable bonds is 5. The van der Waals surface area contributed by atoms with Crippen LogP contribution in [0.15, 0.2) is 0 Å². The Bertz CT molecular complexity index is 146. The largest absolute Gasteiger partial charge is 0.0654 e. The Morgan fingerprint density at radius 2 is 1.85 bits per heavy atom. The highest BCUT2D eigenvalue weighted by Crippen LogP contribution is 2.52. The van der Waals surface area contributed by atoms with E-state index in [0.717, 1.165) is 11.8 Å². The van der Waals surface area contributed by atoms with Gasteiger partial charge in [-0.1, -0.05) is 59.8 Å². The quantitative estimate of drug-likeness (QED) is 0.543. The molecule has 1 saturated carbocycles. The zero-order chi connectivity index (χ0) is 9.90. The Kier molecular flexibility index (Phi) is 3.82. The summed E-state index contributed by atoms with van der Waals surface area (Å²) in [5.41, 5.74) is 0.648. The summed E-state index contributed by atoms with van der Waals surface area (Å²) in [7, 11) is 0. The molecule has 0 aromatic rings. The lowest BCUT2D eigenvalue weighted by atomic mass is 9.55. The van der Waals surface area contributed by atoms with Gasteiger partial charge in [0.1, 0.15) is 0 Å². The maximum absolute atomic E-state index is 2.44. The van der Waals surface area contributed by atoms with Gasteiger partial charge in [0.25, 0.3) is 0 Å². The summed E-state index contributed by atoms with van der Waals surface area (Å²) in [6.07, 6.45) is 8.69. The number of hydrogen-bond acceptors (Lipinski definition) is 0. The molecule has 0 heteroatoms. The molecule has 2 unspecified atom stereocenters. The SMILES string of the molecule is CCCCCCC1CC(C)(C)C1C. The summed E-state index contributed by atoms with van der Waals surface area (Å²) in [5, 5.41) is 0. The number of unbranched alkanes of at least 4 members (excludes halogenated alkanes) is 3. The van der Waals surface area contributed by atoms with E-state index in [1.165, 1.54) is 38.5 Å². The third kappa shape index (κ3) is 2.72. The van der Waals surface area contributed by atoms with Crippen molar-refractivity contribution >= 4 is 0 Å². The van der Waals surface area contributed by atoms with E-state index >= 15 is 0 Å². The summed E-state index contributed by atoms with van der Waals surface area (Å²) >= 11 is 0. The van der Waals surface area contributed by atoms with Gasteiger partial charge in [-0.3, -0.25) is 0 Å². The van der Waals surface area contributed by atoms with Crippen molar-refractivity contribution in [2.75, 3.05) is 0 Å². The predicted molar refractivity (Wildman–Crippen MR) is 59.8 cm³/mol. The van der Waals surface area contributed by atoms with Crippen LogP contribution in [0.1, 0.15) is 66.2 Å². The van der Waals surface area contributed by atoms with Gasteiger partial charge in [0.05, 0.1) is 0 Å². The molecule has 0 nitrogen and oxygen atoms in total. The molecule has 0 heterocycles. The lowest BCUT2D eigenvalue weighted by molar-refractivity contribution is -0.00353. The smallest absolute Gasteiger partial charge is 0.0323 e. The van der Waals surface area contributed by atoms with Gasteiger partial charge in [-0.2, -0.15) is 0 Å². The van der Waals surface area contributed by atoms with Crippen LogP contribution in [-0.2, 0) is 0 Å². The molecule has 1 aliphatic carbocycles. The lowest BCUT2D eigenvalue weighted by Gasteiger charge is -2.50. The van der Waals surface area contributed by atoms with E-state index in [4.69, 9.17) is 0 Å². The summed E-state index contributed by atoms with van der Waals surface area (Å²) in [4.78, 5) is 0. The van der Waals surface area contributed by atoms with Gasteiger partial charge in [0.2, 0.25) is 0 Å². The van der Waals surface area contributed by atoms with Gasteiger partial charge in [0.15, 0.2) is 0 Å². The van der Waals surface area contributed by atoms with Crippen molar-refractivity contribution in [3.05, 3.63) is 0 Å². The second kappa shape index (κ2) is 4.48. The molecule has 0 aliphatic heterocycles. The molecule has 0 aromatic heterocycles. The first-order chi connectivity index (χ1) is 6.08. The molecule has 0 amide bonds. The predicted octanol–water partition coefficient (Wildman–Crippen LogP) is 4.64. The van der Waals surface area contributed by atoms with Crippen LogP contribution >= 0.6 is 0 Å². The molecule has 0 bridgehead atoms. The highest BCUT2D eigenvalue weighted by atomic mass is 14.5. The first-order valence-corrected chi connectivity index (χ1v) is 6.08. The molecule has 13 heavy (non-hydrogen) atoms. The van der Waals surface area contributed by atoms with Crippen LogP contribution in [0.25, 0.3) is 0 Å². The Morgan fingerprint density at radius 3 is 2.31 bits per heavy atom. The van der Waals surface area contributed by atoms with E-state index in [2.05, 4.69) is 27.7 Å². The minimum atomic E-state index is 0.648. The highest BCUT2D eigenvalue weighted by molar-refractivity contribution is 4.92. The fourth-order valence-corrected chi connectivity index (χ4v) is 2.70. The second-order valence-corrected chi connectivity index (χ2v) is 5.59. The van der Waals surface area contributed by atoms with Crippen molar-refractivity contribution in [3.63, 3.8) is 0 Å². The number of hydrogen-bond donors (Lipinski definition) is 0. The standard InChI is InChI=1S/C13H26/c1-5-6-7-8-9-12-10-13(3,4)11(12)2/h11-12H,5-10H2,1-4H3. The van der Waals surface area contributed by atoms with Crippen LogP contribution < -0.4 is 0 Å². The van der Waals surface area contributed by atoms with E-state index in [-0.39, 0.29) is 0 Å². The Balaban J connectivity index is 2.06. The summed E-state index contributed by atoms with van der Waals surface area (Å²) in [6.45, 7) is 9.56. The molecule has 1 fully saturated rings. The van der Waals surface area contributed by atoms with E-state index in [9.17, 15) is 0 Å². The van der Waals surface area contributed by atoms with Crippen LogP contribution in [0.2, 0.25) is 0 Å². The fraction of sp³-hybridized carbons (Fsp3) is 1.00. The average Bonchev–Trinajstić information content (AvgIpc) is 2.10. The molecular formula is C13H26. The van der Waals surface area contributed by atoms with E-state index in [1.54, 1.807) is 0 Å². The van der Waals surface area contributed by atoms with Gasteiger partial charge < -0.3 is 0 Å². The molecule has 0 radical (unpaired) electrons. The van der Waals surface area contributed by atoms with Crippen LogP contribution in [-0.4, -0.2) is 0 Å². The van der Waals surface area contributed by atoms with Crippen LogP contribution in [0.3, 0.4) is 0 Å². The fourth-order valence-electron chi connectivity index (χ4n) is 2.70. The summed E-state index contributed by atoms with van der Waals surface area (Å²) in [6, 6.07) is 0. The third-order valence-electron chi connectivity index (χ3n) is 4.16. The zero-order valence-electron chi connectivity index (χ0n) is 9.90. The van der Waals surface area contributed by atoms with Gasteiger partial charge in [-0.25, -0.2) is 0 Å². The first-order valence-electron chi connectivity index (χ1n) is 6.08.